The van der Waals surface area contributed by atoms with E-state index < -0.39 is 5.60 Å². The van der Waals surface area contributed by atoms with Gasteiger partial charge in [-0.05, 0) is 51.2 Å². The maximum absolute atomic E-state index is 10.5. The Balaban J connectivity index is 1.95. The fraction of sp³-hybridized carbons (Fsp3) is 0.450. The van der Waals surface area contributed by atoms with E-state index in [-0.39, 0.29) is 0 Å². The minimum Gasteiger partial charge on any atom is -0.466 e. The molecule has 1 heterocycles. The average Bonchev–Trinajstić information content (AvgIpc) is 3.14. The van der Waals surface area contributed by atoms with Gasteiger partial charge in [0, 0.05) is 13.1 Å². The molecule has 0 aliphatic rings. The summed E-state index contributed by atoms with van der Waals surface area (Å²) < 4.78 is 5.30. The minimum absolute atomic E-state index is 0.300. The van der Waals surface area contributed by atoms with Gasteiger partial charge < -0.3 is 25.1 Å². The van der Waals surface area contributed by atoms with Gasteiger partial charge in [-0.2, -0.15) is 0 Å². The third kappa shape index (κ3) is 6.20. The first-order valence-electron chi connectivity index (χ1n) is 8.92. The van der Waals surface area contributed by atoms with E-state index in [0.717, 1.165) is 18.7 Å². The molecular formula is C20H30N4O2. The monoisotopic (exact) mass is 358 g/mol. The van der Waals surface area contributed by atoms with Crippen LogP contribution in [-0.2, 0) is 18.7 Å². The van der Waals surface area contributed by atoms with Crippen molar-refractivity contribution in [2.45, 2.75) is 32.5 Å². The second-order valence-corrected chi connectivity index (χ2v) is 6.85. The molecule has 0 radical (unpaired) electrons. The van der Waals surface area contributed by atoms with Crippen LogP contribution in [0.2, 0.25) is 0 Å². The summed E-state index contributed by atoms with van der Waals surface area (Å²) >= 11 is 0. The van der Waals surface area contributed by atoms with Crippen molar-refractivity contribution in [1.82, 2.24) is 15.5 Å². The van der Waals surface area contributed by atoms with Gasteiger partial charge in [-0.25, -0.2) is 4.99 Å². The van der Waals surface area contributed by atoms with Crippen molar-refractivity contribution >= 4 is 5.96 Å². The third-order valence-electron chi connectivity index (χ3n) is 3.94. The minimum atomic E-state index is -1.10. The van der Waals surface area contributed by atoms with Crippen LogP contribution in [0.5, 0.6) is 0 Å². The van der Waals surface area contributed by atoms with E-state index in [0.29, 0.717) is 24.8 Å². The number of hydrogen-bond acceptors (Lipinski definition) is 4. The molecule has 2 rings (SSSR count). The van der Waals surface area contributed by atoms with Crippen LogP contribution in [0.4, 0.5) is 0 Å². The Bertz CT molecular complexity index is 676. The maximum atomic E-state index is 10.5. The second kappa shape index (κ2) is 9.40. The molecule has 0 saturated carbocycles. The largest absolute Gasteiger partial charge is 0.466 e. The van der Waals surface area contributed by atoms with E-state index in [4.69, 9.17) is 4.42 Å². The lowest BCUT2D eigenvalue weighted by Crippen LogP contribution is -2.44. The van der Waals surface area contributed by atoms with Gasteiger partial charge in [-0.15, -0.1) is 0 Å². The highest BCUT2D eigenvalue weighted by molar-refractivity contribution is 5.79. The highest BCUT2D eigenvalue weighted by Gasteiger charge is 2.26. The Morgan fingerprint density at radius 1 is 1.15 bits per heavy atom. The highest BCUT2D eigenvalue weighted by Crippen LogP contribution is 2.19. The average molecular weight is 358 g/mol. The summed E-state index contributed by atoms with van der Waals surface area (Å²) in [6.07, 6.45) is 1.56. The molecule has 1 unspecified atom stereocenters. The lowest BCUT2D eigenvalue weighted by atomic mass is 10.0. The van der Waals surface area contributed by atoms with Crippen LogP contribution in [0.15, 0.2) is 52.1 Å². The Morgan fingerprint density at radius 3 is 2.42 bits per heavy atom. The number of benzene rings is 1. The van der Waals surface area contributed by atoms with Gasteiger partial charge in [0.2, 0.25) is 0 Å². The zero-order valence-electron chi connectivity index (χ0n) is 16.1. The predicted octanol–water partition coefficient (Wildman–Crippen LogP) is 2.30. The Morgan fingerprint density at radius 2 is 1.85 bits per heavy atom. The van der Waals surface area contributed by atoms with Crippen LogP contribution in [0.1, 0.15) is 30.7 Å². The molecule has 0 fully saturated rings. The number of hydrogen-bond donors (Lipinski definition) is 3. The van der Waals surface area contributed by atoms with Crippen molar-refractivity contribution in [3.05, 3.63) is 59.5 Å². The molecule has 3 N–H and O–H groups in total. The second-order valence-electron chi connectivity index (χ2n) is 6.85. The molecule has 26 heavy (non-hydrogen) atoms. The Kier molecular flexibility index (Phi) is 7.24. The normalized spacial score (nSPS) is 14.3. The van der Waals surface area contributed by atoms with Crippen LogP contribution in [0.3, 0.4) is 0 Å². The molecule has 0 spiro atoms. The molecule has 1 aromatic heterocycles. The number of nitrogens with zero attached hydrogens (tertiary/aromatic N) is 2. The summed E-state index contributed by atoms with van der Waals surface area (Å²) in [5, 5.41) is 16.9. The molecule has 2 aromatic rings. The molecule has 1 aromatic carbocycles. The van der Waals surface area contributed by atoms with Crippen molar-refractivity contribution in [2.75, 3.05) is 27.2 Å². The Hall–Kier alpha value is -2.31. The molecular weight excluding hydrogens is 328 g/mol. The Labute approximate surface area is 155 Å². The number of aliphatic hydroxyl groups is 1. The van der Waals surface area contributed by atoms with Crippen molar-refractivity contribution < 1.29 is 9.52 Å². The lowest BCUT2D eigenvalue weighted by molar-refractivity contribution is 0.0386. The standard InChI is InChI=1S/C20H30N4O2/c1-5-21-19(23-15-20(2,25)18-7-6-12-26-18)22-13-16-8-10-17(11-9-16)14-24(3)4/h6-12,25H,5,13-15H2,1-4H3,(H2,21,22,23). The lowest BCUT2D eigenvalue weighted by Gasteiger charge is -2.22. The summed E-state index contributed by atoms with van der Waals surface area (Å²) in [4.78, 5) is 6.75. The molecule has 1 atom stereocenters. The number of aliphatic imine (C=N–C) groups is 1. The molecule has 0 aliphatic carbocycles. The van der Waals surface area contributed by atoms with Crippen molar-refractivity contribution in [2.24, 2.45) is 4.99 Å². The third-order valence-corrected chi connectivity index (χ3v) is 3.94. The summed E-state index contributed by atoms with van der Waals surface area (Å²) in [5.74, 6) is 1.19. The van der Waals surface area contributed by atoms with E-state index in [2.05, 4.69) is 58.9 Å². The van der Waals surface area contributed by atoms with E-state index >= 15 is 0 Å². The quantitative estimate of drug-likeness (QED) is 0.499. The van der Waals surface area contributed by atoms with Gasteiger partial charge in [0.15, 0.2) is 5.96 Å². The first-order valence-corrected chi connectivity index (χ1v) is 8.92. The molecule has 0 aliphatic heterocycles. The predicted molar refractivity (Wildman–Crippen MR) is 105 cm³/mol. The van der Waals surface area contributed by atoms with E-state index in [1.807, 2.05) is 6.92 Å². The van der Waals surface area contributed by atoms with Crippen molar-refractivity contribution in [3.8, 4) is 0 Å². The highest BCUT2D eigenvalue weighted by atomic mass is 16.4. The zero-order valence-corrected chi connectivity index (χ0v) is 16.1. The number of nitrogens with one attached hydrogen (secondary N) is 2. The molecule has 142 valence electrons. The zero-order chi connectivity index (χ0) is 19.0. The SMILES string of the molecule is CCNC(=NCc1ccc(CN(C)C)cc1)NCC(C)(O)c1ccco1. The first kappa shape index (κ1) is 20.0. The molecule has 0 amide bonds. The summed E-state index contributed by atoms with van der Waals surface area (Å²) in [5.41, 5.74) is 1.32. The molecule has 6 nitrogen and oxygen atoms in total. The van der Waals surface area contributed by atoms with Crippen LogP contribution < -0.4 is 10.6 Å². The molecule has 0 bridgehead atoms. The van der Waals surface area contributed by atoms with Crippen LogP contribution in [0, 0.1) is 0 Å². The smallest absolute Gasteiger partial charge is 0.191 e. The van der Waals surface area contributed by atoms with Gasteiger partial charge in [0.1, 0.15) is 11.4 Å². The fourth-order valence-electron chi connectivity index (χ4n) is 2.56. The van der Waals surface area contributed by atoms with E-state index in [9.17, 15) is 5.11 Å². The maximum Gasteiger partial charge on any atom is 0.191 e. The first-order chi connectivity index (χ1) is 12.4. The van der Waals surface area contributed by atoms with Crippen LogP contribution >= 0.6 is 0 Å². The van der Waals surface area contributed by atoms with Crippen molar-refractivity contribution in [3.63, 3.8) is 0 Å². The molecule has 6 heteroatoms. The number of guanidine groups is 1. The van der Waals surface area contributed by atoms with Crippen LogP contribution in [0.25, 0.3) is 0 Å². The van der Waals surface area contributed by atoms with Gasteiger partial charge in [0.25, 0.3) is 0 Å². The van der Waals surface area contributed by atoms with E-state index in [1.165, 1.54) is 5.56 Å². The van der Waals surface area contributed by atoms with Crippen LogP contribution in [-0.4, -0.2) is 43.2 Å². The van der Waals surface area contributed by atoms with E-state index in [1.54, 1.807) is 25.3 Å². The van der Waals surface area contributed by atoms with Gasteiger partial charge in [-0.1, -0.05) is 24.3 Å². The summed E-state index contributed by atoms with van der Waals surface area (Å²) in [6, 6.07) is 12.0. The summed E-state index contributed by atoms with van der Waals surface area (Å²) in [7, 11) is 4.12. The number of furan rings is 1. The summed E-state index contributed by atoms with van der Waals surface area (Å²) in [6.45, 7) is 6.27. The van der Waals surface area contributed by atoms with Gasteiger partial charge >= 0.3 is 0 Å². The van der Waals surface area contributed by atoms with Gasteiger partial charge in [-0.3, -0.25) is 0 Å². The van der Waals surface area contributed by atoms with Crippen molar-refractivity contribution in [1.29, 1.82) is 0 Å². The fourth-order valence-corrected chi connectivity index (χ4v) is 2.56. The topological polar surface area (TPSA) is 73.0 Å². The molecule has 0 saturated heterocycles. The number of rotatable bonds is 8. The van der Waals surface area contributed by atoms with Gasteiger partial charge in [0.05, 0.1) is 19.4 Å².